The van der Waals surface area contributed by atoms with E-state index >= 15 is 0 Å². The minimum Gasteiger partial charge on any atom is -0.496 e. The number of fused-ring (bicyclic) bond motifs is 1. The highest BCUT2D eigenvalue weighted by Gasteiger charge is 2.13. The molecule has 0 N–H and O–H groups in total. The maximum Gasteiger partial charge on any atom is 0.282 e. The van der Waals surface area contributed by atoms with Crippen molar-refractivity contribution >= 4 is 27.8 Å². The molecular formula is C17H17N3O4S. The fourth-order valence-electron chi connectivity index (χ4n) is 2.42. The van der Waals surface area contributed by atoms with Gasteiger partial charge in [0.1, 0.15) is 27.9 Å². The van der Waals surface area contributed by atoms with Crippen molar-refractivity contribution in [2.45, 2.75) is 6.92 Å². The van der Waals surface area contributed by atoms with Gasteiger partial charge >= 0.3 is 0 Å². The van der Waals surface area contributed by atoms with Gasteiger partial charge in [-0.05, 0) is 18.4 Å². The normalized spacial score (nSPS) is 11.2. The topological polar surface area (TPSA) is 74.9 Å². The summed E-state index contributed by atoms with van der Waals surface area (Å²) in [7, 11) is 4.65. The number of aryl methyl sites for hydroxylation is 1. The lowest BCUT2D eigenvalue weighted by molar-refractivity contribution is 0.374. The summed E-state index contributed by atoms with van der Waals surface area (Å²) >= 11 is 1.42. The first kappa shape index (κ1) is 17.0. The van der Waals surface area contributed by atoms with E-state index in [0.29, 0.717) is 38.9 Å². The molecule has 3 rings (SSSR count). The summed E-state index contributed by atoms with van der Waals surface area (Å²) in [6, 6.07) is 5.19. The van der Waals surface area contributed by atoms with Crippen molar-refractivity contribution in [2.75, 3.05) is 21.3 Å². The Hall–Kier alpha value is -2.87. The Bertz CT molecular complexity index is 982. The summed E-state index contributed by atoms with van der Waals surface area (Å²) in [5, 5.41) is 6.68. The first-order chi connectivity index (χ1) is 12.1. The zero-order chi connectivity index (χ0) is 18.0. The van der Waals surface area contributed by atoms with E-state index in [1.54, 1.807) is 46.5 Å². The van der Waals surface area contributed by atoms with E-state index in [9.17, 15) is 4.79 Å². The average molecular weight is 359 g/mol. The van der Waals surface area contributed by atoms with Gasteiger partial charge in [0.25, 0.3) is 5.56 Å². The molecule has 8 heteroatoms. The van der Waals surface area contributed by atoms with Gasteiger partial charge in [-0.1, -0.05) is 0 Å². The summed E-state index contributed by atoms with van der Waals surface area (Å²) in [6.45, 7) is 1.74. The van der Waals surface area contributed by atoms with Crippen LogP contribution in [0.5, 0.6) is 17.2 Å². The van der Waals surface area contributed by atoms with Gasteiger partial charge in [-0.3, -0.25) is 4.79 Å². The van der Waals surface area contributed by atoms with Gasteiger partial charge < -0.3 is 14.2 Å². The Morgan fingerprint density at radius 2 is 1.84 bits per heavy atom. The largest absolute Gasteiger partial charge is 0.496 e. The Morgan fingerprint density at radius 1 is 1.16 bits per heavy atom. The van der Waals surface area contributed by atoms with Crippen molar-refractivity contribution in [3.63, 3.8) is 0 Å². The van der Waals surface area contributed by atoms with Gasteiger partial charge in [-0.2, -0.15) is 9.78 Å². The van der Waals surface area contributed by atoms with E-state index in [-0.39, 0.29) is 5.56 Å². The van der Waals surface area contributed by atoms with Crippen molar-refractivity contribution in [2.24, 2.45) is 5.10 Å². The fourth-order valence-corrected chi connectivity index (χ4v) is 3.22. The molecule has 0 saturated carbocycles. The van der Waals surface area contributed by atoms with Crippen LogP contribution in [0.3, 0.4) is 0 Å². The fraction of sp³-hybridized carbons (Fsp3) is 0.235. The van der Waals surface area contributed by atoms with E-state index in [4.69, 9.17) is 14.2 Å². The number of methoxy groups -OCH3 is 3. The smallest absolute Gasteiger partial charge is 0.282 e. The molecule has 2 aromatic heterocycles. The van der Waals surface area contributed by atoms with Crippen LogP contribution < -0.4 is 19.8 Å². The molecule has 0 atom stereocenters. The van der Waals surface area contributed by atoms with Crippen LogP contribution >= 0.6 is 11.3 Å². The second-order valence-electron chi connectivity index (χ2n) is 5.11. The molecule has 0 aliphatic carbocycles. The molecule has 3 aromatic rings. The van der Waals surface area contributed by atoms with Crippen LogP contribution in [0.15, 0.2) is 33.5 Å². The van der Waals surface area contributed by atoms with E-state index in [2.05, 4.69) is 10.1 Å². The molecule has 0 spiro atoms. The number of hydrogen-bond acceptors (Lipinski definition) is 7. The van der Waals surface area contributed by atoms with Gasteiger partial charge in [-0.15, -0.1) is 11.3 Å². The van der Waals surface area contributed by atoms with Gasteiger partial charge in [0.15, 0.2) is 0 Å². The number of rotatable bonds is 5. The Morgan fingerprint density at radius 3 is 2.44 bits per heavy atom. The van der Waals surface area contributed by atoms with E-state index < -0.39 is 0 Å². The van der Waals surface area contributed by atoms with Gasteiger partial charge in [0.05, 0.1) is 38.5 Å². The quantitative estimate of drug-likeness (QED) is 0.655. The lowest BCUT2D eigenvalue weighted by Crippen LogP contribution is -2.19. The summed E-state index contributed by atoms with van der Waals surface area (Å²) in [6.07, 6.45) is 1.52. The Balaban J connectivity index is 2.13. The number of nitrogens with zero attached hydrogens (tertiary/aromatic N) is 3. The maximum atomic E-state index is 12.6. The number of aromatic nitrogens is 2. The lowest BCUT2D eigenvalue weighted by atomic mass is 10.2. The van der Waals surface area contributed by atoms with Crippen LogP contribution in [-0.4, -0.2) is 37.2 Å². The lowest BCUT2D eigenvalue weighted by Gasteiger charge is -2.12. The van der Waals surface area contributed by atoms with Gasteiger partial charge in [-0.25, -0.2) is 4.98 Å². The molecule has 0 aliphatic rings. The predicted molar refractivity (Wildman–Crippen MR) is 97.7 cm³/mol. The minimum atomic E-state index is -0.216. The number of thiophene rings is 1. The summed E-state index contributed by atoms with van der Waals surface area (Å²) in [5.41, 5.74) is 0.383. The SMILES string of the molecule is COc1cc(OC)c(/C=N\n2c(C)nc3sccc3c2=O)c(OC)c1. The second-order valence-corrected chi connectivity index (χ2v) is 6.00. The van der Waals surface area contributed by atoms with Crippen LogP contribution in [0.2, 0.25) is 0 Å². The molecule has 1 aromatic carbocycles. The molecule has 2 heterocycles. The first-order valence-electron chi connectivity index (χ1n) is 7.40. The summed E-state index contributed by atoms with van der Waals surface area (Å²) in [4.78, 5) is 17.7. The zero-order valence-corrected chi connectivity index (χ0v) is 15.1. The number of ether oxygens (including phenoxy) is 3. The summed E-state index contributed by atoms with van der Waals surface area (Å²) < 4.78 is 17.3. The Labute approximate surface area is 148 Å². The van der Waals surface area contributed by atoms with E-state index in [0.717, 1.165) is 0 Å². The molecule has 0 saturated heterocycles. The highest BCUT2D eigenvalue weighted by Crippen LogP contribution is 2.32. The molecule has 130 valence electrons. The molecule has 25 heavy (non-hydrogen) atoms. The average Bonchev–Trinajstić information content (AvgIpc) is 3.09. The third-order valence-corrected chi connectivity index (χ3v) is 4.50. The molecule has 7 nitrogen and oxygen atoms in total. The van der Waals surface area contributed by atoms with Crippen molar-refractivity contribution in [3.8, 4) is 17.2 Å². The second kappa shape index (κ2) is 6.94. The van der Waals surface area contributed by atoms with Crippen LogP contribution in [0, 0.1) is 6.92 Å². The van der Waals surface area contributed by atoms with E-state index in [1.165, 1.54) is 22.2 Å². The van der Waals surface area contributed by atoms with Crippen molar-refractivity contribution in [1.82, 2.24) is 9.66 Å². The number of hydrogen-bond donors (Lipinski definition) is 0. The standard InChI is InChI=1S/C17H17N3O4S/c1-10-19-16-12(5-6-25-16)17(21)20(10)18-9-13-14(23-3)7-11(22-2)8-15(13)24-4/h5-9H,1-4H3/b18-9-. The number of benzene rings is 1. The van der Waals surface area contributed by atoms with Gasteiger partial charge in [0.2, 0.25) is 0 Å². The molecule has 0 unspecified atom stereocenters. The monoisotopic (exact) mass is 359 g/mol. The summed E-state index contributed by atoms with van der Waals surface area (Å²) in [5.74, 6) is 2.15. The predicted octanol–water partition coefficient (Wildman–Crippen LogP) is 2.67. The van der Waals surface area contributed by atoms with Crippen LogP contribution in [0.4, 0.5) is 0 Å². The maximum absolute atomic E-state index is 12.6. The van der Waals surface area contributed by atoms with Crippen molar-refractivity contribution in [1.29, 1.82) is 0 Å². The molecule has 0 fully saturated rings. The van der Waals surface area contributed by atoms with Crippen LogP contribution in [0.25, 0.3) is 10.2 Å². The first-order valence-corrected chi connectivity index (χ1v) is 8.28. The van der Waals surface area contributed by atoms with Crippen molar-refractivity contribution < 1.29 is 14.2 Å². The highest BCUT2D eigenvalue weighted by molar-refractivity contribution is 7.16. The molecular weight excluding hydrogens is 342 g/mol. The van der Waals surface area contributed by atoms with Gasteiger partial charge in [0, 0.05) is 12.1 Å². The van der Waals surface area contributed by atoms with E-state index in [1.807, 2.05) is 5.38 Å². The molecule has 0 bridgehead atoms. The third-order valence-electron chi connectivity index (χ3n) is 3.69. The zero-order valence-electron chi connectivity index (χ0n) is 14.3. The molecule has 0 amide bonds. The third kappa shape index (κ3) is 3.08. The molecule has 0 aliphatic heterocycles. The molecule has 0 radical (unpaired) electrons. The van der Waals surface area contributed by atoms with Crippen molar-refractivity contribution in [3.05, 3.63) is 45.3 Å². The van der Waals surface area contributed by atoms with Crippen LogP contribution in [-0.2, 0) is 0 Å². The highest BCUT2D eigenvalue weighted by atomic mass is 32.1. The van der Waals surface area contributed by atoms with Crippen LogP contribution in [0.1, 0.15) is 11.4 Å². The Kier molecular flexibility index (Phi) is 4.71. The minimum absolute atomic E-state index is 0.216.